The summed E-state index contributed by atoms with van der Waals surface area (Å²) in [5.41, 5.74) is 0. The summed E-state index contributed by atoms with van der Waals surface area (Å²) >= 11 is 0. The Hall–Kier alpha value is -0.150. The van der Waals surface area contributed by atoms with Crippen LogP contribution in [0.1, 0.15) is 27.7 Å². The van der Waals surface area contributed by atoms with Gasteiger partial charge in [0.15, 0.2) is 0 Å². The second kappa shape index (κ2) is 7.18. The van der Waals surface area contributed by atoms with Crippen molar-refractivity contribution in [1.29, 1.82) is 0 Å². The van der Waals surface area contributed by atoms with Crippen LogP contribution in [0.2, 0.25) is 0 Å². The second-order valence-corrected chi connectivity index (χ2v) is 5.78. The summed E-state index contributed by atoms with van der Waals surface area (Å²) in [7, 11) is -3.02. The maximum atomic E-state index is 12.2. The van der Waals surface area contributed by atoms with Gasteiger partial charge in [-0.2, -0.15) is 0 Å². The highest BCUT2D eigenvalue weighted by atomic mass is 31.2. The van der Waals surface area contributed by atoms with Crippen LogP contribution < -0.4 is 5.32 Å². The van der Waals surface area contributed by atoms with E-state index >= 15 is 0 Å². The molecule has 1 N–H and O–H groups in total. The van der Waals surface area contributed by atoms with E-state index in [9.17, 15) is 4.57 Å². The quantitative estimate of drug-likeness (QED) is 0.399. The van der Waals surface area contributed by atoms with Crippen LogP contribution in [-0.4, -0.2) is 25.0 Å². The fraction of sp³-hybridized carbons (Fsp3) is 0.800. The molecule has 0 amide bonds. The van der Waals surface area contributed by atoms with Crippen LogP contribution >= 0.6 is 7.60 Å². The van der Waals surface area contributed by atoms with E-state index < -0.39 is 7.60 Å². The third-order valence-corrected chi connectivity index (χ3v) is 3.43. The molecule has 0 aromatic heterocycles. The fourth-order valence-corrected chi connectivity index (χ4v) is 2.93. The molecule has 0 fully saturated rings. The highest BCUT2D eigenvalue weighted by Crippen LogP contribution is 2.49. The van der Waals surface area contributed by atoms with Crippen molar-refractivity contribution in [3.05, 3.63) is 12.7 Å². The maximum Gasteiger partial charge on any atom is 0.344 e. The van der Waals surface area contributed by atoms with E-state index in [1.165, 1.54) is 0 Å². The number of rotatable bonds is 8. The first kappa shape index (κ1) is 14.8. The van der Waals surface area contributed by atoms with Crippen LogP contribution in [0.4, 0.5) is 0 Å². The third-order valence-electron chi connectivity index (χ3n) is 1.34. The Bertz CT molecular complexity index is 215. The maximum absolute atomic E-state index is 12.2. The molecular weight excluding hydrogens is 213 g/mol. The minimum absolute atomic E-state index is 0.111. The fourth-order valence-electron chi connectivity index (χ4n) is 1.05. The summed E-state index contributed by atoms with van der Waals surface area (Å²) in [6.45, 7) is 11.5. The Morgan fingerprint density at radius 2 is 1.73 bits per heavy atom. The van der Waals surface area contributed by atoms with Crippen molar-refractivity contribution in [2.75, 3.05) is 12.8 Å². The van der Waals surface area contributed by atoms with Gasteiger partial charge in [-0.25, -0.2) is 0 Å². The zero-order chi connectivity index (χ0) is 11.9. The number of hydrogen-bond acceptors (Lipinski definition) is 4. The van der Waals surface area contributed by atoms with E-state index in [-0.39, 0.29) is 18.5 Å². The largest absolute Gasteiger partial charge is 0.344 e. The molecule has 0 radical (unpaired) electrons. The molecule has 0 atom stereocenters. The standard InChI is InChI=1S/C10H22NO3P/c1-6-7-11-8-15(12,13-9(2)3)14-10(4)5/h6,9-11H,1,7-8H2,2-5H3. The minimum atomic E-state index is -3.02. The van der Waals surface area contributed by atoms with Crippen LogP contribution in [0, 0.1) is 0 Å². The predicted octanol–water partition coefficient (Wildman–Crippen LogP) is 2.76. The average molecular weight is 235 g/mol. The number of nitrogens with one attached hydrogen (secondary N) is 1. The first-order valence-corrected chi connectivity index (χ1v) is 6.90. The van der Waals surface area contributed by atoms with Gasteiger partial charge in [0.05, 0.1) is 18.5 Å². The summed E-state index contributed by atoms with van der Waals surface area (Å²) < 4.78 is 22.8. The zero-order valence-corrected chi connectivity index (χ0v) is 10.9. The average Bonchev–Trinajstić information content (AvgIpc) is 2.00. The van der Waals surface area contributed by atoms with Crippen LogP contribution in [-0.2, 0) is 13.6 Å². The van der Waals surface area contributed by atoms with E-state index in [0.717, 1.165) is 0 Å². The minimum Gasteiger partial charge on any atom is -0.305 e. The van der Waals surface area contributed by atoms with Crippen LogP contribution in [0.5, 0.6) is 0 Å². The van der Waals surface area contributed by atoms with Gasteiger partial charge in [-0.15, -0.1) is 6.58 Å². The van der Waals surface area contributed by atoms with Gasteiger partial charge in [-0.1, -0.05) is 6.08 Å². The second-order valence-electron chi connectivity index (χ2n) is 3.82. The molecule has 0 heterocycles. The molecule has 0 aromatic rings. The Morgan fingerprint density at radius 1 is 1.27 bits per heavy atom. The van der Waals surface area contributed by atoms with Crippen LogP contribution in [0.15, 0.2) is 12.7 Å². The van der Waals surface area contributed by atoms with Crippen LogP contribution in [0.25, 0.3) is 0 Å². The summed E-state index contributed by atoms with van der Waals surface area (Å²) in [6.07, 6.45) is 1.70. The Morgan fingerprint density at radius 3 is 2.07 bits per heavy atom. The first-order chi connectivity index (χ1) is 6.89. The molecule has 0 saturated heterocycles. The molecule has 0 spiro atoms. The van der Waals surface area contributed by atoms with E-state index in [4.69, 9.17) is 9.05 Å². The number of hydrogen-bond donors (Lipinski definition) is 1. The van der Waals surface area contributed by atoms with Gasteiger partial charge in [-0.05, 0) is 27.7 Å². The van der Waals surface area contributed by atoms with Gasteiger partial charge in [0.1, 0.15) is 0 Å². The lowest BCUT2D eigenvalue weighted by atomic mass is 10.5. The molecule has 0 aliphatic rings. The van der Waals surface area contributed by atoms with Gasteiger partial charge in [-0.3, -0.25) is 4.57 Å². The first-order valence-electron chi connectivity index (χ1n) is 5.17. The molecule has 5 heteroatoms. The molecule has 0 aliphatic carbocycles. The smallest absolute Gasteiger partial charge is 0.305 e. The highest BCUT2D eigenvalue weighted by molar-refractivity contribution is 7.53. The Balaban J connectivity index is 4.27. The van der Waals surface area contributed by atoms with Gasteiger partial charge in [0.2, 0.25) is 0 Å². The third kappa shape index (κ3) is 7.74. The molecule has 0 unspecified atom stereocenters. The van der Waals surface area contributed by atoms with E-state index in [1.54, 1.807) is 6.08 Å². The molecule has 15 heavy (non-hydrogen) atoms. The van der Waals surface area contributed by atoms with Gasteiger partial charge in [0, 0.05) is 6.54 Å². The molecule has 0 aliphatic heterocycles. The lowest BCUT2D eigenvalue weighted by Gasteiger charge is -2.22. The van der Waals surface area contributed by atoms with E-state index in [2.05, 4.69) is 11.9 Å². The lowest BCUT2D eigenvalue weighted by Crippen LogP contribution is -2.20. The molecular formula is C10H22NO3P. The monoisotopic (exact) mass is 235 g/mol. The van der Waals surface area contributed by atoms with Gasteiger partial charge >= 0.3 is 7.60 Å². The topological polar surface area (TPSA) is 47.6 Å². The lowest BCUT2D eigenvalue weighted by molar-refractivity contribution is 0.141. The molecule has 0 aromatic carbocycles. The van der Waals surface area contributed by atoms with Crippen molar-refractivity contribution in [2.24, 2.45) is 0 Å². The Kier molecular flexibility index (Phi) is 7.11. The molecule has 0 bridgehead atoms. The summed E-state index contributed by atoms with van der Waals surface area (Å²) in [6, 6.07) is 0. The molecule has 90 valence electrons. The van der Waals surface area contributed by atoms with E-state index in [0.29, 0.717) is 6.54 Å². The summed E-state index contributed by atoms with van der Waals surface area (Å²) in [5, 5.41) is 2.96. The summed E-state index contributed by atoms with van der Waals surface area (Å²) in [5.74, 6) is 0. The zero-order valence-electron chi connectivity index (χ0n) is 10.0. The van der Waals surface area contributed by atoms with Crippen molar-refractivity contribution in [2.45, 2.75) is 39.9 Å². The molecule has 0 saturated carbocycles. The SMILES string of the molecule is C=CCNCP(=O)(OC(C)C)OC(C)C. The Labute approximate surface area is 92.6 Å². The normalized spacial score (nSPS) is 12.4. The van der Waals surface area contributed by atoms with Gasteiger partial charge in [0.25, 0.3) is 0 Å². The van der Waals surface area contributed by atoms with Crippen molar-refractivity contribution in [1.82, 2.24) is 5.32 Å². The predicted molar refractivity (Wildman–Crippen MR) is 63.1 cm³/mol. The van der Waals surface area contributed by atoms with Gasteiger partial charge < -0.3 is 14.4 Å². The van der Waals surface area contributed by atoms with E-state index in [1.807, 2.05) is 27.7 Å². The van der Waals surface area contributed by atoms with Crippen LogP contribution in [0.3, 0.4) is 0 Å². The van der Waals surface area contributed by atoms with Crippen molar-refractivity contribution >= 4 is 7.60 Å². The summed E-state index contributed by atoms with van der Waals surface area (Å²) in [4.78, 5) is 0. The van der Waals surface area contributed by atoms with Crippen molar-refractivity contribution in [3.8, 4) is 0 Å². The van der Waals surface area contributed by atoms with Crippen molar-refractivity contribution in [3.63, 3.8) is 0 Å². The molecule has 0 rings (SSSR count). The molecule has 4 nitrogen and oxygen atoms in total. The highest BCUT2D eigenvalue weighted by Gasteiger charge is 2.26. The van der Waals surface area contributed by atoms with Crippen molar-refractivity contribution < 1.29 is 13.6 Å².